The van der Waals surface area contributed by atoms with E-state index in [1.807, 2.05) is 30.3 Å². The van der Waals surface area contributed by atoms with Crippen LogP contribution in [0.5, 0.6) is 0 Å². The molecule has 12 nitrogen and oxygen atoms in total. The van der Waals surface area contributed by atoms with Crippen LogP contribution in [0.1, 0.15) is 55.7 Å². The number of carbonyl (C=O) groups excluding carboxylic acids is 2. The lowest BCUT2D eigenvalue weighted by Gasteiger charge is -2.45. The van der Waals surface area contributed by atoms with Crippen molar-refractivity contribution in [2.24, 2.45) is 0 Å². The molecule has 4 aliphatic rings. The number of alkyl halides is 3. The summed E-state index contributed by atoms with van der Waals surface area (Å²) in [6.45, 7) is 2.71. The number of aromatic amines is 1. The summed E-state index contributed by atoms with van der Waals surface area (Å²) in [4.78, 5) is 51.3. The Labute approximate surface area is 308 Å². The minimum Gasteiger partial charge on any atom is -0.436 e. The minimum absolute atomic E-state index is 0.0432. The largest absolute Gasteiger partial charge is 0.436 e. The number of fused-ring (bicyclic) bond motifs is 2. The molecule has 7 rings (SSSR count). The van der Waals surface area contributed by atoms with Gasteiger partial charge in [0.05, 0.1) is 17.3 Å². The third-order valence-electron chi connectivity index (χ3n) is 11.4. The van der Waals surface area contributed by atoms with Gasteiger partial charge in [0.1, 0.15) is 0 Å². The number of hydrogen-bond donors (Lipinski definition) is 2. The second-order valence-electron chi connectivity index (χ2n) is 14.5. The molecular formula is C36H44BrF3N8O4. The SMILES string of the molecule is CN1C2CCC1CC(N1CCN(C(=O)[C@@H](Cc3cc(Br)c(N)c(C(F)(F)F)c3)OC(=O)N3CCC(n4nc(-c5ccccc5)[nH]c4=O)CC3)CC1)C2. The maximum atomic E-state index is 14.1. The summed E-state index contributed by atoms with van der Waals surface area (Å²) in [5.41, 5.74) is 4.86. The Bertz CT molecular complexity index is 1810. The van der Waals surface area contributed by atoms with Crippen molar-refractivity contribution >= 4 is 33.6 Å². The third kappa shape index (κ3) is 7.60. The Hall–Kier alpha value is -3.89. The number of piperazine rings is 1. The summed E-state index contributed by atoms with van der Waals surface area (Å²) in [5, 5.41) is 4.50. The number of nitrogens with one attached hydrogen (secondary N) is 1. The van der Waals surface area contributed by atoms with Crippen LogP contribution in [0.4, 0.5) is 23.7 Å². The Morgan fingerprint density at radius 1 is 0.942 bits per heavy atom. The van der Waals surface area contributed by atoms with Gasteiger partial charge in [-0.2, -0.15) is 13.2 Å². The molecule has 2 amide bonds. The fourth-order valence-electron chi connectivity index (χ4n) is 8.41. The van der Waals surface area contributed by atoms with Crippen LogP contribution in [-0.2, 0) is 22.1 Å². The Kier molecular flexibility index (Phi) is 10.4. The summed E-state index contributed by atoms with van der Waals surface area (Å²) in [6, 6.07) is 13.0. The van der Waals surface area contributed by atoms with Crippen molar-refractivity contribution in [3.8, 4) is 11.4 Å². The first-order valence-electron chi connectivity index (χ1n) is 18.0. The van der Waals surface area contributed by atoms with Crippen molar-refractivity contribution in [3.05, 3.63) is 68.5 Å². The van der Waals surface area contributed by atoms with Gasteiger partial charge >= 0.3 is 18.0 Å². The van der Waals surface area contributed by atoms with Crippen LogP contribution >= 0.6 is 15.9 Å². The molecule has 0 radical (unpaired) electrons. The van der Waals surface area contributed by atoms with Gasteiger partial charge in [-0.25, -0.2) is 14.3 Å². The van der Waals surface area contributed by atoms with Crippen molar-refractivity contribution in [1.82, 2.24) is 34.4 Å². The van der Waals surface area contributed by atoms with Gasteiger partial charge in [0.15, 0.2) is 11.9 Å². The van der Waals surface area contributed by atoms with Crippen LogP contribution in [0.2, 0.25) is 0 Å². The first-order chi connectivity index (χ1) is 24.9. The van der Waals surface area contributed by atoms with E-state index >= 15 is 0 Å². The topological polar surface area (TPSA) is 133 Å². The average molecular weight is 790 g/mol. The lowest BCUT2D eigenvalue weighted by molar-refractivity contribution is -0.143. The van der Waals surface area contributed by atoms with Crippen molar-refractivity contribution < 1.29 is 27.5 Å². The van der Waals surface area contributed by atoms with E-state index in [1.165, 1.54) is 28.5 Å². The molecule has 3 N–H and O–H groups in total. The number of nitrogen functional groups attached to an aromatic ring is 1. The number of aromatic nitrogens is 3. The van der Waals surface area contributed by atoms with Gasteiger partial charge in [0.2, 0.25) is 0 Å². The van der Waals surface area contributed by atoms with Gasteiger partial charge in [-0.15, -0.1) is 5.10 Å². The number of nitrogens with two attached hydrogens (primary N) is 1. The maximum Gasteiger partial charge on any atom is 0.418 e. The predicted octanol–water partition coefficient (Wildman–Crippen LogP) is 4.76. The van der Waals surface area contributed by atoms with E-state index in [-0.39, 0.29) is 41.3 Å². The number of anilines is 1. The molecule has 1 aromatic heterocycles. The monoisotopic (exact) mass is 788 g/mol. The molecule has 16 heteroatoms. The molecule has 2 bridgehead atoms. The number of nitrogens with zero attached hydrogens (tertiary/aromatic N) is 6. The summed E-state index contributed by atoms with van der Waals surface area (Å²) >= 11 is 3.14. The normalized spacial score (nSPS) is 23.9. The molecule has 4 fully saturated rings. The molecule has 0 spiro atoms. The highest BCUT2D eigenvalue weighted by molar-refractivity contribution is 9.10. The molecule has 5 heterocycles. The molecule has 3 aromatic rings. The van der Waals surface area contributed by atoms with Gasteiger partial charge in [0, 0.05) is 73.9 Å². The summed E-state index contributed by atoms with van der Waals surface area (Å²) in [7, 11) is 2.21. The average Bonchev–Trinajstić information content (AvgIpc) is 3.60. The molecule has 0 aliphatic carbocycles. The highest BCUT2D eigenvalue weighted by Gasteiger charge is 2.42. The van der Waals surface area contributed by atoms with E-state index < -0.39 is 35.5 Å². The molecular weight excluding hydrogens is 745 g/mol. The number of H-pyrrole nitrogens is 1. The second-order valence-corrected chi connectivity index (χ2v) is 15.3. The lowest BCUT2D eigenvalue weighted by atomic mass is 9.96. The lowest BCUT2D eigenvalue weighted by Crippen LogP contribution is -2.57. The van der Waals surface area contributed by atoms with Crippen molar-refractivity contribution in [2.75, 3.05) is 52.0 Å². The van der Waals surface area contributed by atoms with Crippen molar-refractivity contribution in [1.29, 1.82) is 0 Å². The molecule has 2 unspecified atom stereocenters. The van der Waals surface area contributed by atoms with Gasteiger partial charge in [-0.05, 0) is 79.2 Å². The van der Waals surface area contributed by atoms with Crippen LogP contribution in [-0.4, -0.2) is 117 Å². The standard InChI is InChI=1S/C36H44BrF3N8O4/c1-44-25-7-8-26(44)21-27(20-25)45-13-15-46(16-14-45)33(49)30(19-22-17-28(36(38,39)40)31(41)29(37)18-22)52-35(51)47-11-9-24(10-12-47)48-34(50)42-32(43-48)23-5-3-2-4-6-23/h2-6,17-18,24-27,30H,7-16,19-21,41H2,1H3,(H,42,43,50)/t25?,26?,27?,30-/m1/s1. The smallest absolute Gasteiger partial charge is 0.418 e. The fourth-order valence-corrected chi connectivity index (χ4v) is 8.92. The summed E-state index contributed by atoms with van der Waals surface area (Å²) < 4.78 is 49.0. The number of amides is 2. The number of piperidine rings is 2. The van der Waals surface area contributed by atoms with E-state index in [9.17, 15) is 27.6 Å². The Morgan fingerprint density at radius 3 is 2.23 bits per heavy atom. The zero-order chi connectivity index (χ0) is 36.7. The predicted molar refractivity (Wildman–Crippen MR) is 191 cm³/mol. The van der Waals surface area contributed by atoms with Crippen LogP contribution in [0.3, 0.4) is 0 Å². The molecule has 0 saturated carbocycles. The zero-order valence-corrected chi connectivity index (χ0v) is 30.6. The highest BCUT2D eigenvalue weighted by Crippen LogP contribution is 2.39. The first-order valence-corrected chi connectivity index (χ1v) is 18.7. The minimum atomic E-state index is -4.72. The first kappa shape index (κ1) is 36.5. The van der Waals surface area contributed by atoms with Crippen LogP contribution in [0, 0.1) is 0 Å². The molecule has 52 heavy (non-hydrogen) atoms. The Balaban J connectivity index is 1.03. The van der Waals surface area contributed by atoms with E-state index in [0.717, 1.165) is 24.5 Å². The summed E-state index contributed by atoms with van der Waals surface area (Å²) in [6.07, 6.45) is -1.57. The van der Waals surface area contributed by atoms with Crippen molar-refractivity contribution in [2.45, 2.75) is 81.4 Å². The van der Waals surface area contributed by atoms with E-state index in [0.29, 0.717) is 63.0 Å². The van der Waals surface area contributed by atoms with Crippen LogP contribution in [0.25, 0.3) is 11.4 Å². The zero-order valence-electron chi connectivity index (χ0n) is 29.0. The number of likely N-dealkylation sites (tertiary alicyclic amines) is 1. The molecule has 280 valence electrons. The number of halogens is 4. The quantitative estimate of drug-likeness (QED) is 0.328. The van der Waals surface area contributed by atoms with E-state index in [1.54, 1.807) is 4.90 Å². The molecule has 4 saturated heterocycles. The third-order valence-corrected chi connectivity index (χ3v) is 12.1. The highest BCUT2D eigenvalue weighted by atomic mass is 79.9. The van der Waals surface area contributed by atoms with Crippen LogP contribution < -0.4 is 11.4 Å². The second kappa shape index (κ2) is 14.9. The maximum absolute atomic E-state index is 14.1. The Morgan fingerprint density at radius 2 is 1.60 bits per heavy atom. The number of carbonyl (C=O) groups is 2. The van der Waals surface area contributed by atoms with Crippen LogP contribution in [0.15, 0.2) is 51.7 Å². The van der Waals surface area contributed by atoms with Gasteiger partial charge in [-0.3, -0.25) is 14.7 Å². The summed E-state index contributed by atoms with van der Waals surface area (Å²) in [5.74, 6) is 0.0143. The van der Waals surface area contributed by atoms with Gasteiger partial charge < -0.3 is 25.2 Å². The van der Waals surface area contributed by atoms with Gasteiger partial charge in [-0.1, -0.05) is 30.3 Å². The molecule has 3 atom stereocenters. The van der Waals surface area contributed by atoms with Gasteiger partial charge in [0.25, 0.3) is 5.91 Å². The number of rotatable bonds is 7. The fraction of sp³-hybridized carbons (Fsp3) is 0.556. The van der Waals surface area contributed by atoms with E-state index in [4.69, 9.17) is 10.5 Å². The van der Waals surface area contributed by atoms with Crippen molar-refractivity contribution in [3.63, 3.8) is 0 Å². The number of ether oxygens (including phenoxy) is 1. The molecule has 2 aromatic carbocycles. The molecule has 4 aliphatic heterocycles. The van der Waals surface area contributed by atoms with E-state index in [2.05, 4.69) is 42.9 Å². The number of benzene rings is 2. The number of hydrogen-bond acceptors (Lipinski definition) is 8.